The summed E-state index contributed by atoms with van der Waals surface area (Å²) in [7, 11) is 1.60. The molecule has 1 amide bonds. The van der Waals surface area contributed by atoms with Gasteiger partial charge in [-0.05, 0) is 31.0 Å². The van der Waals surface area contributed by atoms with Gasteiger partial charge in [-0.1, -0.05) is 12.1 Å². The molecule has 102 valence electrons. The first-order valence-corrected chi connectivity index (χ1v) is 6.05. The Kier molecular flexibility index (Phi) is 3.32. The summed E-state index contributed by atoms with van der Waals surface area (Å²) >= 11 is 0. The number of nitrogens with zero attached hydrogens (tertiary/aromatic N) is 1. The number of hydrogen-bond donors (Lipinski definition) is 1. The minimum Gasteiger partial charge on any atom is -0.480 e. The van der Waals surface area contributed by atoms with E-state index in [9.17, 15) is 14.7 Å². The highest BCUT2D eigenvalue weighted by atomic mass is 16.5. The maximum Gasteiger partial charge on any atom is 0.324 e. The van der Waals surface area contributed by atoms with Crippen molar-refractivity contribution in [3.8, 4) is 0 Å². The molecule has 5 heteroatoms. The maximum absolute atomic E-state index is 12.4. The van der Waals surface area contributed by atoms with Crippen molar-refractivity contribution in [3.05, 3.63) is 29.3 Å². The highest BCUT2D eigenvalue weighted by Gasteiger charge is 2.54. The van der Waals surface area contributed by atoms with Gasteiger partial charge in [-0.25, -0.2) is 0 Å². The Balaban J connectivity index is 2.33. The van der Waals surface area contributed by atoms with Crippen LogP contribution in [0.3, 0.4) is 0 Å². The van der Waals surface area contributed by atoms with Crippen molar-refractivity contribution in [3.63, 3.8) is 0 Å². The first-order chi connectivity index (χ1) is 8.88. The summed E-state index contributed by atoms with van der Waals surface area (Å²) in [5.41, 5.74) is 1.26. The highest BCUT2D eigenvalue weighted by molar-refractivity contribution is 6.10. The van der Waals surface area contributed by atoms with Crippen molar-refractivity contribution in [1.82, 2.24) is 0 Å². The number of anilines is 1. The quantitative estimate of drug-likeness (QED) is 0.836. The monoisotopic (exact) mass is 263 g/mol. The lowest BCUT2D eigenvalue weighted by molar-refractivity contribution is -0.183. The van der Waals surface area contributed by atoms with E-state index in [2.05, 4.69) is 0 Å². The first-order valence-electron chi connectivity index (χ1n) is 6.05. The molecule has 1 aliphatic heterocycles. The molecule has 0 atom stereocenters. The lowest BCUT2D eigenvalue weighted by atomic mass is 9.84. The second kappa shape index (κ2) is 4.66. The predicted molar refractivity (Wildman–Crippen MR) is 70.2 cm³/mol. The molecule has 1 aromatic rings. The summed E-state index contributed by atoms with van der Waals surface area (Å²) in [6.45, 7) is 3.71. The SMILES string of the molecule is Cc1ccc(C)c(N(C)C(=O)C2(C(=O)O)COC2)c1. The highest BCUT2D eigenvalue weighted by Crippen LogP contribution is 2.32. The number of carboxylic acid groups (broad SMARTS) is 1. The maximum atomic E-state index is 12.4. The summed E-state index contributed by atoms with van der Waals surface area (Å²) in [6, 6.07) is 5.75. The Morgan fingerprint density at radius 1 is 1.32 bits per heavy atom. The predicted octanol–water partition coefficient (Wildman–Crippen LogP) is 1.37. The van der Waals surface area contributed by atoms with Crippen LogP contribution in [0.15, 0.2) is 18.2 Å². The number of aryl methyl sites for hydroxylation is 2. The van der Waals surface area contributed by atoms with Gasteiger partial charge in [0.05, 0.1) is 13.2 Å². The molecule has 0 spiro atoms. The zero-order valence-electron chi connectivity index (χ0n) is 11.3. The van der Waals surface area contributed by atoms with E-state index in [1.54, 1.807) is 7.05 Å². The van der Waals surface area contributed by atoms with Gasteiger partial charge >= 0.3 is 5.97 Å². The standard InChI is InChI=1S/C14H17NO4/c1-9-4-5-10(2)11(6-9)15(3)12(16)14(13(17)18)7-19-8-14/h4-6H,7-8H2,1-3H3,(H,17,18). The molecule has 1 aromatic carbocycles. The van der Waals surface area contributed by atoms with Crippen LogP contribution in [-0.4, -0.2) is 37.2 Å². The van der Waals surface area contributed by atoms with Crippen molar-refractivity contribution < 1.29 is 19.4 Å². The Bertz CT molecular complexity index is 534. The molecule has 0 aromatic heterocycles. The van der Waals surface area contributed by atoms with Crippen LogP contribution in [0.1, 0.15) is 11.1 Å². The smallest absolute Gasteiger partial charge is 0.324 e. The number of ether oxygens (including phenoxy) is 1. The van der Waals surface area contributed by atoms with E-state index < -0.39 is 17.3 Å². The molecular weight excluding hydrogens is 246 g/mol. The van der Waals surface area contributed by atoms with Gasteiger partial charge in [-0.2, -0.15) is 0 Å². The number of rotatable bonds is 3. The molecule has 1 N–H and O–H groups in total. The van der Waals surface area contributed by atoms with Crippen LogP contribution in [0.4, 0.5) is 5.69 Å². The zero-order chi connectivity index (χ0) is 14.2. The van der Waals surface area contributed by atoms with Crippen LogP contribution in [0.25, 0.3) is 0 Å². The van der Waals surface area contributed by atoms with E-state index >= 15 is 0 Å². The van der Waals surface area contributed by atoms with Crippen molar-refractivity contribution in [2.75, 3.05) is 25.2 Å². The number of hydrogen-bond acceptors (Lipinski definition) is 3. The minimum absolute atomic E-state index is 0.0592. The van der Waals surface area contributed by atoms with Crippen LogP contribution >= 0.6 is 0 Å². The van der Waals surface area contributed by atoms with Gasteiger partial charge in [0.1, 0.15) is 0 Å². The molecule has 5 nitrogen and oxygen atoms in total. The molecule has 0 aliphatic carbocycles. The van der Waals surface area contributed by atoms with Gasteiger partial charge in [0.2, 0.25) is 5.91 Å². The van der Waals surface area contributed by atoms with E-state index in [4.69, 9.17) is 4.74 Å². The molecule has 2 rings (SSSR count). The molecule has 0 bridgehead atoms. The average Bonchev–Trinajstić information content (AvgIpc) is 2.29. The van der Waals surface area contributed by atoms with Gasteiger partial charge in [0.15, 0.2) is 5.41 Å². The second-order valence-corrected chi connectivity index (χ2v) is 5.03. The van der Waals surface area contributed by atoms with E-state index in [-0.39, 0.29) is 13.2 Å². The second-order valence-electron chi connectivity index (χ2n) is 5.03. The number of benzene rings is 1. The Labute approximate surface area is 111 Å². The topological polar surface area (TPSA) is 66.8 Å². The summed E-state index contributed by atoms with van der Waals surface area (Å²) < 4.78 is 4.93. The van der Waals surface area contributed by atoms with Gasteiger partial charge < -0.3 is 14.7 Å². The third-order valence-electron chi connectivity index (χ3n) is 3.55. The third-order valence-corrected chi connectivity index (χ3v) is 3.55. The third kappa shape index (κ3) is 2.10. The Morgan fingerprint density at radius 3 is 2.42 bits per heavy atom. The lowest BCUT2D eigenvalue weighted by Gasteiger charge is -2.38. The van der Waals surface area contributed by atoms with Crippen LogP contribution in [0, 0.1) is 19.3 Å². The van der Waals surface area contributed by atoms with Crippen LogP contribution < -0.4 is 4.90 Å². The van der Waals surface area contributed by atoms with Crippen molar-refractivity contribution in [2.24, 2.45) is 5.41 Å². The molecule has 0 saturated carbocycles. The number of carboxylic acids is 1. The van der Waals surface area contributed by atoms with E-state index in [0.29, 0.717) is 0 Å². The molecule has 1 fully saturated rings. The van der Waals surface area contributed by atoms with Crippen molar-refractivity contribution in [1.29, 1.82) is 0 Å². The van der Waals surface area contributed by atoms with E-state index in [1.165, 1.54) is 4.90 Å². The summed E-state index contributed by atoms with van der Waals surface area (Å²) in [5.74, 6) is -1.55. The number of amides is 1. The largest absolute Gasteiger partial charge is 0.480 e. The number of aliphatic carboxylic acids is 1. The van der Waals surface area contributed by atoms with E-state index in [1.807, 2.05) is 32.0 Å². The molecule has 1 saturated heterocycles. The summed E-state index contributed by atoms with van der Waals surface area (Å²) in [5, 5.41) is 9.25. The van der Waals surface area contributed by atoms with Gasteiger partial charge in [-0.3, -0.25) is 9.59 Å². The first kappa shape index (κ1) is 13.5. The van der Waals surface area contributed by atoms with Gasteiger partial charge in [-0.15, -0.1) is 0 Å². The van der Waals surface area contributed by atoms with Crippen molar-refractivity contribution in [2.45, 2.75) is 13.8 Å². The molecule has 1 aliphatic rings. The number of carbonyl (C=O) groups is 2. The zero-order valence-corrected chi connectivity index (χ0v) is 11.3. The van der Waals surface area contributed by atoms with Crippen LogP contribution in [0.5, 0.6) is 0 Å². The minimum atomic E-state index is -1.43. The Hall–Kier alpha value is -1.88. The molecular formula is C14H17NO4. The Morgan fingerprint density at radius 2 is 1.95 bits per heavy atom. The number of carbonyl (C=O) groups excluding carboxylic acids is 1. The normalized spacial score (nSPS) is 16.6. The fraction of sp³-hybridized carbons (Fsp3) is 0.429. The van der Waals surface area contributed by atoms with Crippen LogP contribution in [0.2, 0.25) is 0 Å². The average molecular weight is 263 g/mol. The van der Waals surface area contributed by atoms with Gasteiger partial charge in [0.25, 0.3) is 0 Å². The van der Waals surface area contributed by atoms with Crippen LogP contribution in [-0.2, 0) is 14.3 Å². The molecule has 1 heterocycles. The van der Waals surface area contributed by atoms with Gasteiger partial charge in [0, 0.05) is 12.7 Å². The molecule has 19 heavy (non-hydrogen) atoms. The van der Waals surface area contributed by atoms with Crippen molar-refractivity contribution >= 4 is 17.6 Å². The molecule has 0 radical (unpaired) electrons. The van der Waals surface area contributed by atoms with E-state index in [0.717, 1.165) is 16.8 Å². The lowest BCUT2D eigenvalue weighted by Crippen LogP contribution is -2.59. The summed E-state index contributed by atoms with van der Waals surface area (Å²) in [6.07, 6.45) is 0. The fourth-order valence-corrected chi connectivity index (χ4v) is 2.16. The fourth-order valence-electron chi connectivity index (χ4n) is 2.16. The molecule has 0 unspecified atom stereocenters. The summed E-state index contributed by atoms with van der Waals surface area (Å²) in [4.78, 5) is 25.1.